The van der Waals surface area contributed by atoms with E-state index in [0.717, 1.165) is 5.56 Å². The molecule has 1 aliphatic heterocycles. The number of hydrogen-bond acceptors (Lipinski definition) is 3. The summed E-state index contributed by atoms with van der Waals surface area (Å²) in [5.41, 5.74) is 5.78. The zero-order valence-corrected chi connectivity index (χ0v) is 14.1. The molecule has 0 spiro atoms. The quantitative estimate of drug-likeness (QED) is 0.917. The smallest absolute Gasteiger partial charge is 0.243 e. The van der Waals surface area contributed by atoms with Gasteiger partial charge in [-0.1, -0.05) is 23.7 Å². The molecule has 1 aliphatic rings. The number of nitrogens with zero attached hydrogens (tertiary/aromatic N) is 2. The van der Waals surface area contributed by atoms with Gasteiger partial charge in [-0.3, -0.25) is 4.79 Å². The summed E-state index contributed by atoms with van der Waals surface area (Å²) in [7, 11) is 0. The second-order valence-electron chi connectivity index (χ2n) is 6.50. The summed E-state index contributed by atoms with van der Waals surface area (Å²) < 4.78 is 12.9. The first kappa shape index (κ1) is 17.7. The van der Waals surface area contributed by atoms with Crippen molar-refractivity contribution in [1.29, 1.82) is 5.26 Å². The molecule has 0 bridgehead atoms. The normalized spacial score (nSPS) is 22.7. The summed E-state index contributed by atoms with van der Waals surface area (Å²) in [4.78, 5) is 14.2. The van der Waals surface area contributed by atoms with Crippen molar-refractivity contribution in [2.75, 3.05) is 6.67 Å². The lowest BCUT2D eigenvalue weighted by molar-refractivity contribution is -0.137. The number of nitrogens with two attached hydrogens (primary N) is 1. The Hall–Kier alpha value is -1.64. The van der Waals surface area contributed by atoms with Crippen LogP contribution in [0, 0.1) is 16.7 Å². The van der Waals surface area contributed by atoms with Crippen molar-refractivity contribution in [3.8, 4) is 6.07 Å². The third-order valence-corrected chi connectivity index (χ3v) is 4.71. The van der Waals surface area contributed by atoms with Gasteiger partial charge in [0, 0.05) is 5.02 Å². The number of likely N-dealkylation sites (tertiary alicyclic amines) is 1. The SMILES string of the molecule is CC(C)(C#N)C1CC[C@@H](c2cccc(Cl)c2)N1C(=O)[C@H](N)CF. The number of carbonyl (C=O) groups excluding carboxylic acids is 1. The standard InChI is InChI=1S/C17H21ClFN3O/c1-17(2,10-20)15-7-6-14(11-4-3-5-12(18)8-11)22(15)16(23)13(21)9-19/h3-5,8,13-15H,6-7,9,21H2,1-2H3/t13-,14+,15?/m1/s1. The van der Waals surface area contributed by atoms with Crippen molar-refractivity contribution in [2.45, 2.75) is 44.8 Å². The number of amides is 1. The molecule has 1 saturated heterocycles. The van der Waals surface area contributed by atoms with E-state index in [1.54, 1.807) is 30.9 Å². The van der Waals surface area contributed by atoms with E-state index in [9.17, 15) is 14.4 Å². The molecular weight excluding hydrogens is 317 g/mol. The maximum absolute atomic E-state index is 12.9. The monoisotopic (exact) mass is 337 g/mol. The average molecular weight is 338 g/mol. The molecule has 3 atom stereocenters. The zero-order valence-electron chi connectivity index (χ0n) is 13.3. The summed E-state index contributed by atoms with van der Waals surface area (Å²) in [5, 5.41) is 10.0. The molecule has 2 rings (SSSR count). The summed E-state index contributed by atoms with van der Waals surface area (Å²) in [6.45, 7) is 2.66. The predicted molar refractivity (Wildman–Crippen MR) is 87.4 cm³/mol. The van der Waals surface area contributed by atoms with Crippen molar-refractivity contribution in [3.63, 3.8) is 0 Å². The fraction of sp³-hybridized carbons (Fsp3) is 0.529. The van der Waals surface area contributed by atoms with E-state index in [4.69, 9.17) is 17.3 Å². The molecule has 0 aliphatic carbocycles. The van der Waals surface area contributed by atoms with Gasteiger partial charge in [0.25, 0.3) is 0 Å². The molecular formula is C17H21ClFN3O. The molecule has 1 fully saturated rings. The number of nitriles is 1. The van der Waals surface area contributed by atoms with Crippen LogP contribution in [-0.2, 0) is 4.79 Å². The minimum Gasteiger partial charge on any atom is -0.330 e. The number of benzene rings is 1. The van der Waals surface area contributed by atoms with Gasteiger partial charge in [0.1, 0.15) is 12.7 Å². The van der Waals surface area contributed by atoms with Crippen molar-refractivity contribution >= 4 is 17.5 Å². The van der Waals surface area contributed by atoms with E-state index in [1.807, 2.05) is 12.1 Å². The minimum absolute atomic E-state index is 0.239. The fourth-order valence-electron chi connectivity index (χ4n) is 3.20. The van der Waals surface area contributed by atoms with Gasteiger partial charge in [0.05, 0.1) is 23.6 Å². The molecule has 1 aromatic carbocycles. The Kier molecular flexibility index (Phi) is 5.28. The number of alkyl halides is 1. The molecule has 4 nitrogen and oxygen atoms in total. The maximum Gasteiger partial charge on any atom is 0.243 e. The molecule has 1 unspecified atom stereocenters. The number of rotatable bonds is 4. The van der Waals surface area contributed by atoms with Crippen LogP contribution in [0.25, 0.3) is 0 Å². The van der Waals surface area contributed by atoms with Crippen LogP contribution in [0.4, 0.5) is 4.39 Å². The van der Waals surface area contributed by atoms with Gasteiger partial charge in [-0.25, -0.2) is 4.39 Å². The van der Waals surface area contributed by atoms with Crippen molar-refractivity contribution < 1.29 is 9.18 Å². The Bertz CT molecular complexity index is 629. The van der Waals surface area contributed by atoms with Gasteiger partial charge in [-0.15, -0.1) is 0 Å². The van der Waals surface area contributed by atoms with Crippen LogP contribution in [0.3, 0.4) is 0 Å². The first-order valence-electron chi connectivity index (χ1n) is 7.62. The highest BCUT2D eigenvalue weighted by molar-refractivity contribution is 6.30. The van der Waals surface area contributed by atoms with Gasteiger partial charge in [0.2, 0.25) is 5.91 Å². The maximum atomic E-state index is 12.9. The average Bonchev–Trinajstić information content (AvgIpc) is 2.99. The van der Waals surface area contributed by atoms with Crippen molar-refractivity contribution in [1.82, 2.24) is 4.90 Å². The first-order chi connectivity index (χ1) is 10.8. The molecule has 6 heteroatoms. The number of carbonyl (C=O) groups is 1. The zero-order chi connectivity index (χ0) is 17.2. The predicted octanol–water partition coefficient (Wildman–Crippen LogP) is 3.22. The highest BCUT2D eigenvalue weighted by Gasteiger charge is 2.46. The van der Waals surface area contributed by atoms with E-state index >= 15 is 0 Å². The molecule has 2 N–H and O–H groups in total. The van der Waals surface area contributed by atoms with Crippen molar-refractivity contribution in [2.24, 2.45) is 11.1 Å². The Balaban J connectivity index is 2.43. The van der Waals surface area contributed by atoms with Crippen LogP contribution < -0.4 is 5.73 Å². The fourth-order valence-corrected chi connectivity index (χ4v) is 3.40. The Morgan fingerprint density at radius 3 is 2.83 bits per heavy atom. The molecule has 0 radical (unpaired) electrons. The van der Waals surface area contributed by atoms with Gasteiger partial charge in [-0.2, -0.15) is 5.26 Å². The Morgan fingerprint density at radius 2 is 2.26 bits per heavy atom. The van der Waals surface area contributed by atoms with E-state index < -0.39 is 24.0 Å². The lowest BCUT2D eigenvalue weighted by atomic mass is 9.84. The van der Waals surface area contributed by atoms with Crippen LogP contribution in [0.1, 0.15) is 38.3 Å². The Morgan fingerprint density at radius 1 is 1.57 bits per heavy atom. The molecule has 1 heterocycles. The van der Waals surface area contributed by atoms with E-state index in [-0.39, 0.29) is 12.1 Å². The van der Waals surface area contributed by atoms with Crippen LogP contribution in [0.5, 0.6) is 0 Å². The van der Waals surface area contributed by atoms with E-state index in [2.05, 4.69) is 6.07 Å². The largest absolute Gasteiger partial charge is 0.330 e. The first-order valence-corrected chi connectivity index (χ1v) is 8.00. The Labute approximate surface area is 141 Å². The lowest BCUT2D eigenvalue weighted by Gasteiger charge is -2.37. The minimum atomic E-state index is -1.20. The lowest BCUT2D eigenvalue weighted by Crippen LogP contribution is -2.51. The van der Waals surface area contributed by atoms with Crippen LogP contribution in [0.15, 0.2) is 24.3 Å². The van der Waals surface area contributed by atoms with Gasteiger partial charge >= 0.3 is 0 Å². The summed E-state index contributed by atoms with van der Waals surface area (Å²) in [6.07, 6.45) is 1.36. The highest BCUT2D eigenvalue weighted by Crippen LogP contribution is 2.43. The molecule has 1 aromatic rings. The molecule has 1 amide bonds. The number of halogens is 2. The second kappa shape index (κ2) is 6.86. The third-order valence-electron chi connectivity index (χ3n) is 4.48. The number of hydrogen-bond donors (Lipinski definition) is 1. The molecule has 124 valence electrons. The van der Waals surface area contributed by atoms with E-state index in [0.29, 0.717) is 17.9 Å². The summed E-state index contributed by atoms with van der Waals surface area (Å²) in [6, 6.07) is 7.78. The highest BCUT2D eigenvalue weighted by atomic mass is 35.5. The van der Waals surface area contributed by atoms with Crippen LogP contribution in [-0.4, -0.2) is 29.6 Å². The van der Waals surface area contributed by atoms with Gasteiger partial charge in [0.15, 0.2) is 0 Å². The van der Waals surface area contributed by atoms with Crippen molar-refractivity contribution in [3.05, 3.63) is 34.9 Å². The van der Waals surface area contributed by atoms with E-state index in [1.165, 1.54) is 0 Å². The summed E-state index contributed by atoms with van der Waals surface area (Å²) >= 11 is 6.05. The molecule has 0 saturated carbocycles. The summed E-state index contributed by atoms with van der Waals surface area (Å²) in [5.74, 6) is -0.455. The molecule has 0 aromatic heterocycles. The van der Waals surface area contributed by atoms with Crippen LogP contribution in [0.2, 0.25) is 5.02 Å². The topological polar surface area (TPSA) is 70.1 Å². The van der Waals surface area contributed by atoms with Gasteiger partial charge in [-0.05, 0) is 44.4 Å². The third kappa shape index (κ3) is 3.49. The molecule has 23 heavy (non-hydrogen) atoms. The van der Waals surface area contributed by atoms with Gasteiger partial charge < -0.3 is 10.6 Å². The second-order valence-corrected chi connectivity index (χ2v) is 6.94. The van der Waals surface area contributed by atoms with Crippen LogP contribution >= 0.6 is 11.6 Å².